The van der Waals surface area contributed by atoms with E-state index in [1.54, 1.807) is 26.0 Å². The van der Waals surface area contributed by atoms with Crippen molar-refractivity contribution in [3.05, 3.63) is 34.9 Å². The minimum atomic E-state index is -0.435. The molecule has 0 bridgehead atoms. The van der Waals surface area contributed by atoms with Crippen LogP contribution in [0.15, 0.2) is 24.3 Å². The lowest BCUT2D eigenvalue weighted by atomic mass is 10.2. The van der Waals surface area contributed by atoms with Gasteiger partial charge in [0.05, 0.1) is 10.7 Å². The zero-order valence-corrected chi connectivity index (χ0v) is 12.8. The standard InChI is InChI=1S/C12H16ClNO2S2/c1-8(17)14(9(2)18)12(15)16-7-10-3-5-11(13)6-4-10/h3-6,8-9,17-18H,7H2,1-2H3. The highest BCUT2D eigenvalue weighted by atomic mass is 35.5. The molecule has 0 N–H and O–H groups in total. The molecule has 0 aromatic heterocycles. The Labute approximate surface area is 123 Å². The van der Waals surface area contributed by atoms with Crippen LogP contribution in [-0.2, 0) is 11.3 Å². The van der Waals surface area contributed by atoms with Gasteiger partial charge in [0.2, 0.25) is 0 Å². The molecule has 0 radical (unpaired) electrons. The van der Waals surface area contributed by atoms with Crippen LogP contribution in [0.5, 0.6) is 0 Å². The second-order valence-electron chi connectivity index (χ2n) is 3.85. The van der Waals surface area contributed by atoms with Crippen molar-refractivity contribution in [3.63, 3.8) is 0 Å². The average Bonchev–Trinajstić information content (AvgIpc) is 2.27. The van der Waals surface area contributed by atoms with Crippen LogP contribution in [-0.4, -0.2) is 21.7 Å². The van der Waals surface area contributed by atoms with E-state index in [9.17, 15) is 4.79 Å². The summed E-state index contributed by atoms with van der Waals surface area (Å²) >= 11 is 14.2. The molecule has 0 heterocycles. The molecule has 100 valence electrons. The summed E-state index contributed by atoms with van der Waals surface area (Å²) in [7, 11) is 0. The number of thiol groups is 2. The summed E-state index contributed by atoms with van der Waals surface area (Å²) in [5, 5.41) is 0.144. The molecular formula is C12H16ClNO2S2. The van der Waals surface area contributed by atoms with Gasteiger partial charge in [0.25, 0.3) is 0 Å². The number of halogens is 1. The van der Waals surface area contributed by atoms with Gasteiger partial charge in [-0.15, -0.1) is 0 Å². The Morgan fingerprint density at radius 3 is 2.22 bits per heavy atom. The van der Waals surface area contributed by atoms with Crippen molar-refractivity contribution < 1.29 is 9.53 Å². The van der Waals surface area contributed by atoms with Crippen LogP contribution in [0, 0.1) is 0 Å². The van der Waals surface area contributed by atoms with Crippen molar-refractivity contribution in [2.75, 3.05) is 0 Å². The fourth-order valence-electron chi connectivity index (χ4n) is 1.42. The molecule has 2 unspecified atom stereocenters. The summed E-state index contributed by atoms with van der Waals surface area (Å²) in [6.07, 6.45) is -0.435. The summed E-state index contributed by atoms with van der Waals surface area (Å²) < 4.78 is 5.20. The summed E-state index contributed by atoms with van der Waals surface area (Å²) in [6, 6.07) is 7.14. The van der Waals surface area contributed by atoms with E-state index in [0.29, 0.717) is 5.02 Å². The van der Waals surface area contributed by atoms with Gasteiger partial charge in [-0.3, -0.25) is 4.90 Å². The van der Waals surface area contributed by atoms with E-state index in [2.05, 4.69) is 25.3 Å². The van der Waals surface area contributed by atoms with E-state index in [0.717, 1.165) is 5.56 Å². The predicted octanol–water partition coefficient (Wildman–Crippen LogP) is 3.83. The number of carbonyl (C=O) groups excluding carboxylic acids is 1. The number of hydrogen-bond donors (Lipinski definition) is 2. The molecule has 2 atom stereocenters. The summed E-state index contributed by atoms with van der Waals surface area (Å²) in [6.45, 7) is 3.78. The van der Waals surface area contributed by atoms with Gasteiger partial charge in [-0.05, 0) is 31.5 Å². The van der Waals surface area contributed by atoms with Crippen molar-refractivity contribution in [2.45, 2.75) is 31.2 Å². The zero-order chi connectivity index (χ0) is 13.7. The maximum atomic E-state index is 11.8. The molecule has 1 aromatic rings. The third-order valence-corrected chi connectivity index (χ3v) is 3.04. The molecule has 3 nitrogen and oxygen atoms in total. The first-order valence-corrected chi connectivity index (χ1v) is 6.88. The first-order chi connectivity index (χ1) is 8.41. The van der Waals surface area contributed by atoms with Gasteiger partial charge in [-0.25, -0.2) is 4.79 Å². The molecule has 0 spiro atoms. The molecule has 0 aliphatic rings. The molecule has 1 amide bonds. The second-order valence-corrected chi connectivity index (χ2v) is 5.78. The Morgan fingerprint density at radius 1 is 1.28 bits per heavy atom. The Balaban J connectivity index is 2.57. The van der Waals surface area contributed by atoms with Crippen molar-refractivity contribution in [2.24, 2.45) is 0 Å². The highest BCUT2D eigenvalue weighted by molar-refractivity contribution is 7.81. The van der Waals surface area contributed by atoms with Crippen molar-refractivity contribution in [1.82, 2.24) is 4.90 Å². The number of nitrogens with zero attached hydrogens (tertiary/aromatic N) is 1. The first kappa shape index (κ1) is 15.5. The van der Waals surface area contributed by atoms with Crippen LogP contribution in [0.4, 0.5) is 4.79 Å². The molecule has 0 saturated heterocycles. The highest BCUT2D eigenvalue weighted by Crippen LogP contribution is 2.15. The lowest BCUT2D eigenvalue weighted by Gasteiger charge is -2.28. The van der Waals surface area contributed by atoms with Crippen LogP contribution in [0.3, 0.4) is 0 Å². The molecule has 0 fully saturated rings. The van der Waals surface area contributed by atoms with Crippen molar-refractivity contribution >= 4 is 43.0 Å². The smallest absolute Gasteiger partial charge is 0.411 e. The van der Waals surface area contributed by atoms with Gasteiger partial charge in [-0.2, -0.15) is 25.3 Å². The summed E-state index contributed by atoms with van der Waals surface area (Å²) in [5.41, 5.74) is 0.881. The Kier molecular flexibility index (Phi) is 6.18. The van der Waals surface area contributed by atoms with Crippen molar-refractivity contribution in [1.29, 1.82) is 0 Å². The fraction of sp³-hybridized carbons (Fsp3) is 0.417. The minimum Gasteiger partial charge on any atom is -0.444 e. The highest BCUT2D eigenvalue weighted by Gasteiger charge is 2.22. The number of rotatable bonds is 4. The van der Waals surface area contributed by atoms with Gasteiger partial charge < -0.3 is 4.74 Å². The summed E-state index contributed by atoms with van der Waals surface area (Å²) in [4.78, 5) is 13.3. The lowest BCUT2D eigenvalue weighted by molar-refractivity contribution is 0.0929. The molecule has 1 rings (SSSR count). The third-order valence-electron chi connectivity index (χ3n) is 2.29. The maximum Gasteiger partial charge on any atom is 0.411 e. The van der Waals surface area contributed by atoms with E-state index in [-0.39, 0.29) is 17.4 Å². The molecular weight excluding hydrogens is 290 g/mol. The molecule has 0 saturated carbocycles. The quantitative estimate of drug-likeness (QED) is 0.654. The molecule has 0 aliphatic heterocycles. The van der Waals surface area contributed by atoms with E-state index >= 15 is 0 Å². The van der Waals surface area contributed by atoms with Crippen LogP contribution in [0.2, 0.25) is 5.02 Å². The number of ether oxygens (including phenoxy) is 1. The predicted molar refractivity (Wildman–Crippen MR) is 80.4 cm³/mol. The SMILES string of the molecule is CC(S)N(C(=O)OCc1ccc(Cl)cc1)C(C)S. The molecule has 0 aliphatic carbocycles. The Hall–Kier alpha value is -0.520. The van der Waals surface area contributed by atoms with E-state index in [1.807, 2.05) is 12.1 Å². The second kappa shape index (κ2) is 7.16. The van der Waals surface area contributed by atoms with Gasteiger partial charge >= 0.3 is 6.09 Å². The van der Waals surface area contributed by atoms with Crippen LogP contribution in [0.25, 0.3) is 0 Å². The van der Waals surface area contributed by atoms with E-state index in [4.69, 9.17) is 16.3 Å². The van der Waals surface area contributed by atoms with Crippen LogP contribution in [0.1, 0.15) is 19.4 Å². The average molecular weight is 306 g/mol. The number of amides is 1. The fourth-order valence-corrected chi connectivity index (χ4v) is 2.24. The van der Waals surface area contributed by atoms with Crippen LogP contribution < -0.4 is 0 Å². The lowest BCUT2D eigenvalue weighted by Crippen LogP contribution is -2.40. The monoisotopic (exact) mass is 305 g/mol. The maximum absolute atomic E-state index is 11.8. The van der Waals surface area contributed by atoms with Crippen LogP contribution >= 0.6 is 36.9 Å². The molecule has 1 aromatic carbocycles. The normalized spacial score (nSPS) is 13.8. The third kappa shape index (κ3) is 4.63. The Bertz CT molecular complexity index is 388. The van der Waals surface area contributed by atoms with Gasteiger partial charge in [-0.1, -0.05) is 23.7 Å². The minimum absolute atomic E-state index is 0.202. The molecule has 6 heteroatoms. The van der Waals surface area contributed by atoms with E-state index < -0.39 is 6.09 Å². The number of carbonyl (C=O) groups is 1. The van der Waals surface area contributed by atoms with E-state index in [1.165, 1.54) is 4.90 Å². The molecule has 18 heavy (non-hydrogen) atoms. The van der Waals surface area contributed by atoms with Gasteiger partial charge in [0, 0.05) is 5.02 Å². The summed E-state index contributed by atoms with van der Waals surface area (Å²) in [5.74, 6) is 0. The van der Waals surface area contributed by atoms with Gasteiger partial charge in [0.1, 0.15) is 6.61 Å². The largest absolute Gasteiger partial charge is 0.444 e. The Morgan fingerprint density at radius 2 is 1.78 bits per heavy atom. The topological polar surface area (TPSA) is 29.5 Å². The van der Waals surface area contributed by atoms with Crippen molar-refractivity contribution in [3.8, 4) is 0 Å². The number of benzene rings is 1. The zero-order valence-electron chi connectivity index (χ0n) is 10.2. The van der Waals surface area contributed by atoms with Gasteiger partial charge in [0.15, 0.2) is 0 Å². The first-order valence-electron chi connectivity index (χ1n) is 5.47. The number of hydrogen-bond acceptors (Lipinski definition) is 4.